The highest BCUT2D eigenvalue weighted by Crippen LogP contribution is 2.26. The molecule has 0 spiro atoms. The van der Waals surface area contributed by atoms with Gasteiger partial charge in [0, 0.05) is 11.3 Å². The Balaban J connectivity index is 2.46. The van der Waals surface area contributed by atoms with Crippen LogP contribution in [-0.2, 0) is 0 Å². The molecule has 3 N–H and O–H groups in total. The molecule has 1 aromatic heterocycles. The molecule has 0 bridgehead atoms. The summed E-state index contributed by atoms with van der Waals surface area (Å²) in [6.07, 6.45) is 0. The van der Waals surface area contributed by atoms with E-state index in [-0.39, 0.29) is 0 Å². The lowest BCUT2D eigenvalue weighted by Gasteiger charge is -2.15. The largest absolute Gasteiger partial charge is 0.389 e. The summed E-state index contributed by atoms with van der Waals surface area (Å²) >= 11 is 5.10. The van der Waals surface area contributed by atoms with Crippen molar-refractivity contribution in [3.05, 3.63) is 52.8 Å². The lowest BCUT2D eigenvalue weighted by molar-refractivity contribution is 1.12. The number of pyridine rings is 1. The highest BCUT2D eigenvalue weighted by molar-refractivity contribution is 7.80. The van der Waals surface area contributed by atoms with Crippen LogP contribution >= 0.6 is 12.2 Å². The third-order valence-electron chi connectivity index (χ3n) is 3.02. The molecule has 0 amide bonds. The van der Waals surface area contributed by atoms with E-state index in [1.807, 2.05) is 51.1 Å². The van der Waals surface area contributed by atoms with Crippen molar-refractivity contribution < 1.29 is 0 Å². The van der Waals surface area contributed by atoms with Gasteiger partial charge in [0.2, 0.25) is 0 Å². The van der Waals surface area contributed by atoms with Crippen LogP contribution in [0.1, 0.15) is 22.5 Å². The summed E-state index contributed by atoms with van der Waals surface area (Å²) in [6.45, 7) is 5.99. The number of hydrogen-bond donors (Lipinski definition) is 2. The second kappa shape index (κ2) is 5.36. The highest BCUT2D eigenvalue weighted by atomic mass is 32.1. The van der Waals surface area contributed by atoms with Crippen molar-refractivity contribution in [1.82, 2.24) is 4.98 Å². The Morgan fingerprint density at radius 2 is 1.89 bits per heavy atom. The van der Waals surface area contributed by atoms with Crippen LogP contribution in [0.2, 0.25) is 0 Å². The number of aromatic nitrogens is 1. The predicted molar refractivity (Wildman–Crippen MR) is 84.1 cm³/mol. The topological polar surface area (TPSA) is 50.9 Å². The van der Waals surface area contributed by atoms with Crippen molar-refractivity contribution >= 4 is 28.6 Å². The average Bonchev–Trinajstić information content (AvgIpc) is 2.34. The molecule has 19 heavy (non-hydrogen) atoms. The molecule has 0 saturated carbocycles. The Morgan fingerprint density at radius 3 is 2.53 bits per heavy atom. The fourth-order valence-electron chi connectivity index (χ4n) is 1.99. The zero-order chi connectivity index (χ0) is 14.0. The number of thiocarbonyl (C=S) groups is 1. The number of nitrogens with zero attached hydrogens (tertiary/aromatic N) is 1. The number of benzene rings is 1. The van der Waals surface area contributed by atoms with Crippen molar-refractivity contribution in [3.8, 4) is 0 Å². The number of hydrogen-bond acceptors (Lipinski definition) is 3. The molecule has 4 heteroatoms. The zero-order valence-electron chi connectivity index (χ0n) is 11.3. The summed E-state index contributed by atoms with van der Waals surface area (Å²) in [5.41, 5.74) is 11.6. The van der Waals surface area contributed by atoms with Crippen LogP contribution in [0.25, 0.3) is 0 Å². The Kier molecular flexibility index (Phi) is 3.81. The number of nitrogens with one attached hydrogen (secondary N) is 1. The van der Waals surface area contributed by atoms with E-state index in [2.05, 4.69) is 10.3 Å². The maximum Gasteiger partial charge on any atom is 0.106 e. The van der Waals surface area contributed by atoms with Crippen LogP contribution in [0.5, 0.6) is 0 Å². The molecule has 98 valence electrons. The van der Waals surface area contributed by atoms with Crippen molar-refractivity contribution in [1.29, 1.82) is 0 Å². The summed E-state index contributed by atoms with van der Waals surface area (Å²) in [4.78, 5) is 4.84. The van der Waals surface area contributed by atoms with E-state index in [9.17, 15) is 0 Å². The van der Waals surface area contributed by atoms with Crippen LogP contribution in [0.4, 0.5) is 11.4 Å². The number of rotatable bonds is 3. The van der Waals surface area contributed by atoms with Gasteiger partial charge in [-0.2, -0.15) is 0 Å². The molecule has 3 nitrogen and oxygen atoms in total. The van der Waals surface area contributed by atoms with Gasteiger partial charge in [-0.3, -0.25) is 4.98 Å². The quantitative estimate of drug-likeness (QED) is 0.840. The Bertz CT molecular complexity index is 635. The van der Waals surface area contributed by atoms with Gasteiger partial charge in [-0.15, -0.1) is 0 Å². The SMILES string of the molecule is Cc1ccc(Nc2c(C)cccc2C(N)=S)c(C)n1. The first kappa shape index (κ1) is 13.5. The summed E-state index contributed by atoms with van der Waals surface area (Å²) in [5, 5.41) is 3.39. The Hall–Kier alpha value is -1.94. The van der Waals surface area contributed by atoms with E-state index >= 15 is 0 Å². The Morgan fingerprint density at radius 1 is 1.16 bits per heavy atom. The highest BCUT2D eigenvalue weighted by Gasteiger charge is 2.09. The Labute approximate surface area is 118 Å². The first-order valence-corrected chi connectivity index (χ1v) is 6.50. The van der Waals surface area contributed by atoms with E-state index in [4.69, 9.17) is 18.0 Å². The van der Waals surface area contributed by atoms with E-state index in [0.717, 1.165) is 33.9 Å². The van der Waals surface area contributed by atoms with E-state index < -0.39 is 0 Å². The minimum atomic E-state index is 0.393. The lowest BCUT2D eigenvalue weighted by atomic mass is 10.1. The number of anilines is 2. The van der Waals surface area contributed by atoms with Gasteiger partial charge in [0.15, 0.2) is 0 Å². The first-order chi connectivity index (χ1) is 8.99. The van der Waals surface area contributed by atoms with Gasteiger partial charge in [0.25, 0.3) is 0 Å². The van der Waals surface area contributed by atoms with Gasteiger partial charge in [-0.1, -0.05) is 24.4 Å². The summed E-state index contributed by atoms with van der Waals surface area (Å²) in [5.74, 6) is 0. The fraction of sp³-hybridized carbons (Fsp3) is 0.200. The van der Waals surface area contributed by atoms with Crippen molar-refractivity contribution in [2.45, 2.75) is 20.8 Å². The van der Waals surface area contributed by atoms with Crippen LogP contribution in [-0.4, -0.2) is 9.97 Å². The second-order valence-corrected chi connectivity index (χ2v) is 5.01. The van der Waals surface area contributed by atoms with E-state index in [1.54, 1.807) is 0 Å². The van der Waals surface area contributed by atoms with Crippen LogP contribution in [0, 0.1) is 20.8 Å². The van der Waals surface area contributed by atoms with Gasteiger partial charge in [-0.05, 0) is 44.5 Å². The maximum atomic E-state index is 5.78. The molecule has 0 atom stereocenters. The van der Waals surface area contributed by atoms with Crippen molar-refractivity contribution in [2.24, 2.45) is 5.73 Å². The molecule has 0 unspecified atom stereocenters. The van der Waals surface area contributed by atoms with E-state index in [0.29, 0.717) is 4.99 Å². The minimum absolute atomic E-state index is 0.393. The monoisotopic (exact) mass is 271 g/mol. The number of para-hydroxylation sites is 1. The summed E-state index contributed by atoms with van der Waals surface area (Å²) in [6, 6.07) is 9.91. The van der Waals surface area contributed by atoms with Crippen LogP contribution in [0.3, 0.4) is 0 Å². The number of aryl methyl sites for hydroxylation is 3. The molecule has 1 heterocycles. The van der Waals surface area contributed by atoms with Crippen LogP contribution < -0.4 is 11.1 Å². The summed E-state index contributed by atoms with van der Waals surface area (Å²) in [7, 11) is 0. The molecule has 0 aliphatic rings. The zero-order valence-corrected chi connectivity index (χ0v) is 12.1. The molecule has 1 aromatic carbocycles. The molecule has 2 rings (SSSR count). The molecule has 0 aliphatic carbocycles. The third-order valence-corrected chi connectivity index (χ3v) is 3.24. The molecule has 0 aliphatic heterocycles. The fourth-order valence-corrected chi connectivity index (χ4v) is 2.16. The van der Waals surface area contributed by atoms with Gasteiger partial charge >= 0.3 is 0 Å². The van der Waals surface area contributed by atoms with E-state index in [1.165, 1.54) is 0 Å². The van der Waals surface area contributed by atoms with Gasteiger partial charge in [-0.25, -0.2) is 0 Å². The normalized spacial score (nSPS) is 10.3. The maximum absolute atomic E-state index is 5.78. The third kappa shape index (κ3) is 2.90. The molecular formula is C15H17N3S. The van der Waals surface area contributed by atoms with Gasteiger partial charge in [0.05, 0.1) is 17.1 Å². The molecule has 0 radical (unpaired) electrons. The standard InChI is InChI=1S/C15H17N3S/c1-9-5-4-6-12(15(16)19)14(9)18-13-8-7-10(2)17-11(13)3/h4-8,18H,1-3H3,(H2,16,19). The smallest absolute Gasteiger partial charge is 0.106 e. The predicted octanol–water partition coefficient (Wildman–Crippen LogP) is 3.38. The minimum Gasteiger partial charge on any atom is -0.389 e. The first-order valence-electron chi connectivity index (χ1n) is 6.09. The van der Waals surface area contributed by atoms with Crippen molar-refractivity contribution in [2.75, 3.05) is 5.32 Å². The van der Waals surface area contributed by atoms with Crippen molar-refractivity contribution in [3.63, 3.8) is 0 Å². The molecule has 0 saturated heterocycles. The second-order valence-electron chi connectivity index (χ2n) is 4.57. The lowest BCUT2D eigenvalue weighted by Crippen LogP contribution is -2.13. The molecule has 2 aromatic rings. The van der Waals surface area contributed by atoms with Gasteiger partial charge in [0.1, 0.15) is 4.99 Å². The number of nitrogens with two attached hydrogens (primary N) is 1. The van der Waals surface area contributed by atoms with Gasteiger partial charge < -0.3 is 11.1 Å². The average molecular weight is 271 g/mol. The molecule has 0 fully saturated rings. The summed E-state index contributed by atoms with van der Waals surface area (Å²) < 4.78 is 0. The van der Waals surface area contributed by atoms with Crippen LogP contribution in [0.15, 0.2) is 30.3 Å². The molecular weight excluding hydrogens is 254 g/mol.